The van der Waals surface area contributed by atoms with Crippen LogP contribution in [0.25, 0.3) is 22.1 Å². The van der Waals surface area contributed by atoms with Crippen LogP contribution in [0.1, 0.15) is 56.8 Å². The molecule has 4 rings (SSSR count). The number of fused-ring (bicyclic) bond motifs is 1. The van der Waals surface area contributed by atoms with Gasteiger partial charge in [-0.15, -0.1) is 0 Å². The zero-order chi connectivity index (χ0) is 23.5. The number of phenolic OH excluding ortho intramolecular Hbond substituents is 2. The van der Waals surface area contributed by atoms with E-state index in [1.54, 1.807) is 0 Å². The van der Waals surface area contributed by atoms with Crippen LogP contribution >= 0.6 is 0 Å². The van der Waals surface area contributed by atoms with Crippen molar-refractivity contribution in [3.8, 4) is 22.6 Å². The van der Waals surface area contributed by atoms with Crippen LogP contribution in [-0.4, -0.2) is 33.6 Å². The summed E-state index contributed by atoms with van der Waals surface area (Å²) in [6.45, 7) is 4.93. The summed E-state index contributed by atoms with van der Waals surface area (Å²) in [6.07, 6.45) is 6.74. The van der Waals surface area contributed by atoms with Crippen molar-refractivity contribution in [2.75, 3.05) is 6.54 Å². The van der Waals surface area contributed by atoms with E-state index < -0.39 is 0 Å². The van der Waals surface area contributed by atoms with Crippen LogP contribution in [0.3, 0.4) is 0 Å². The number of amides is 1. The van der Waals surface area contributed by atoms with Crippen LogP contribution in [0.4, 0.5) is 0 Å². The van der Waals surface area contributed by atoms with E-state index in [9.17, 15) is 19.8 Å². The first kappa shape index (κ1) is 22.9. The number of rotatable bonds is 10. The maximum atomic E-state index is 13.4. The number of hydrogen-bond donors (Lipinski definition) is 2. The second-order valence-electron chi connectivity index (χ2n) is 8.93. The van der Waals surface area contributed by atoms with Gasteiger partial charge in [-0.25, -0.2) is 0 Å². The van der Waals surface area contributed by atoms with Gasteiger partial charge in [-0.2, -0.15) is 0 Å². The van der Waals surface area contributed by atoms with Crippen molar-refractivity contribution in [3.05, 3.63) is 57.9 Å². The third-order valence-electron chi connectivity index (χ3n) is 6.40. The van der Waals surface area contributed by atoms with Crippen molar-refractivity contribution in [2.24, 2.45) is 0 Å². The fraction of sp³-hybridized carbons (Fsp3) is 0.407. The van der Waals surface area contributed by atoms with E-state index in [4.69, 9.17) is 4.42 Å². The highest BCUT2D eigenvalue weighted by molar-refractivity contribution is 5.96. The Morgan fingerprint density at radius 1 is 1.00 bits per heavy atom. The Labute approximate surface area is 193 Å². The number of carbonyl (C=O) groups excluding carboxylic acids is 1. The number of unbranched alkanes of at least 4 members (excludes halogenated alkanes) is 4. The molecule has 3 aromatic rings. The van der Waals surface area contributed by atoms with Gasteiger partial charge in [0.05, 0.1) is 5.56 Å². The lowest BCUT2D eigenvalue weighted by Gasteiger charge is -2.12. The monoisotopic (exact) mass is 449 g/mol. The molecule has 0 spiro atoms. The third-order valence-corrected chi connectivity index (χ3v) is 6.40. The van der Waals surface area contributed by atoms with Gasteiger partial charge >= 0.3 is 0 Å². The van der Waals surface area contributed by atoms with Gasteiger partial charge in [0, 0.05) is 25.1 Å². The smallest absolute Gasteiger partial charge is 0.246 e. The van der Waals surface area contributed by atoms with Crippen molar-refractivity contribution in [1.82, 2.24) is 4.90 Å². The highest BCUT2D eigenvalue weighted by Gasteiger charge is 2.44. The first-order valence-electron chi connectivity index (χ1n) is 11.8. The summed E-state index contributed by atoms with van der Waals surface area (Å²) < 4.78 is 6.04. The van der Waals surface area contributed by atoms with Gasteiger partial charge in [0.25, 0.3) is 0 Å². The third kappa shape index (κ3) is 4.90. The van der Waals surface area contributed by atoms with Crippen molar-refractivity contribution >= 4 is 16.9 Å². The number of hydrogen-bond acceptors (Lipinski definition) is 5. The SMILES string of the molecule is CCCCCCCN1C(=O)C1CCc1oc2cc(O)cc(O)c2c(=O)c1-c1ccc(C)cc1. The lowest BCUT2D eigenvalue weighted by Crippen LogP contribution is -2.11. The zero-order valence-corrected chi connectivity index (χ0v) is 19.3. The predicted molar refractivity (Wildman–Crippen MR) is 129 cm³/mol. The second-order valence-corrected chi connectivity index (χ2v) is 8.93. The molecule has 1 atom stereocenters. The van der Waals surface area contributed by atoms with Crippen LogP contribution in [0, 0.1) is 6.92 Å². The molecule has 0 bridgehead atoms. The summed E-state index contributed by atoms with van der Waals surface area (Å²) in [5, 5.41) is 20.2. The van der Waals surface area contributed by atoms with Gasteiger partial charge in [0.2, 0.25) is 11.3 Å². The topological polar surface area (TPSA) is 90.8 Å². The van der Waals surface area contributed by atoms with E-state index in [2.05, 4.69) is 6.92 Å². The lowest BCUT2D eigenvalue weighted by molar-refractivity contribution is -0.113. The van der Waals surface area contributed by atoms with Crippen molar-refractivity contribution in [2.45, 2.75) is 64.8 Å². The van der Waals surface area contributed by atoms with E-state index in [0.717, 1.165) is 31.0 Å². The number of carbonyl (C=O) groups is 1. The number of phenols is 2. The number of aromatic hydroxyl groups is 2. The Kier molecular flexibility index (Phi) is 6.72. The average Bonchev–Trinajstić information content (AvgIpc) is 3.39. The fourth-order valence-electron chi connectivity index (χ4n) is 4.48. The van der Waals surface area contributed by atoms with E-state index >= 15 is 0 Å². The zero-order valence-electron chi connectivity index (χ0n) is 19.3. The van der Waals surface area contributed by atoms with Crippen LogP contribution in [0.5, 0.6) is 11.5 Å². The molecule has 1 unspecified atom stereocenters. The number of nitrogens with zero attached hydrogens (tertiary/aromatic N) is 1. The molecule has 1 aliphatic heterocycles. The summed E-state index contributed by atoms with van der Waals surface area (Å²) in [7, 11) is 0. The van der Waals surface area contributed by atoms with Gasteiger partial charge in [-0.1, -0.05) is 62.4 Å². The predicted octanol–water partition coefficient (Wildman–Crippen LogP) is 5.29. The summed E-state index contributed by atoms with van der Waals surface area (Å²) in [4.78, 5) is 27.6. The largest absolute Gasteiger partial charge is 0.508 e. The molecule has 174 valence electrons. The quantitative estimate of drug-likeness (QED) is 0.324. The molecule has 1 aliphatic rings. The highest BCUT2D eigenvalue weighted by atomic mass is 16.3. The van der Waals surface area contributed by atoms with E-state index in [1.807, 2.05) is 36.1 Å². The molecular formula is C27H31NO5. The van der Waals surface area contributed by atoms with Gasteiger partial charge in [0.15, 0.2) is 0 Å². The number of benzene rings is 2. The molecule has 2 heterocycles. The normalized spacial score (nSPS) is 15.4. The summed E-state index contributed by atoms with van der Waals surface area (Å²) in [5.41, 5.74) is 1.95. The Morgan fingerprint density at radius 2 is 1.73 bits per heavy atom. The summed E-state index contributed by atoms with van der Waals surface area (Å²) >= 11 is 0. The first-order chi connectivity index (χ1) is 15.9. The molecule has 6 nitrogen and oxygen atoms in total. The van der Waals surface area contributed by atoms with Gasteiger partial charge in [-0.05, 0) is 25.3 Å². The van der Waals surface area contributed by atoms with Crippen LogP contribution in [-0.2, 0) is 11.2 Å². The highest BCUT2D eigenvalue weighted by Crippen LogP contribution is 2.34. The molecule has 0 aliphatic carbocycles. The van der Waals surface area contributed by atoms with Gasteiger partial charge < -0.3 is 19.5 Å². The Balaban J connectivity index is 1.59. The molecule has 1 fully saturated rings. The fourth-order valence-corrected chi connectivity index (χ4v) is 4.48. The average molecular weight is 450 g/mol. The molecule has 2 N–H and O–H groups in total. The van der Waals surface area contributed by atoms with Gasteiger partial charge in [-0.3, -0.25) is 9.59 Å². The van der Waals surface area contributed by atoms with Crippen LogP contribution in [0.15, 0.2) is 45.6 Å². The minimum atomic E-state index is -0.345. The van der Waals surface area contributed by atoms with E-state index in [-0.39, 0.29) is 39.8 Å². The Bertz CT molecular complexity index is 1210. The second kappa shape index (κ2) is 9.69. The number of aryl methyl sites for hydroxylation is 2. The lowest BCUT2D eigenvalue weighted by atomic mass is 9.98. The maximum absolute atomic E-state index is 13.4. The maximum Gasteiger partial charge on any atom is 0.246 e. The Morgan fingerprint density at radius 3 is 2.45 bits per heavy atom. The molecule has 2 aromatic carbocycles. The minimum absolute atomic E-state index is 0.0447. The van der Waals surface area contributed by atoms with Crippen LogP contribution < -0.4 is 5.43 Å². The Hall–Kier alpha value is -3.28. The molecule has 33 heavy (non-hydrogen) atoms. The van der Waals surface area contributed by atoms with Crippen molar-refractivity contribution < 1.29 is 19.4 Å². The molecule has 6 heteroatoms. The molecule has 1 amide bonds. The van der Waals surface area contributed by atoms with Gasteiger partial charge in [0.1, 0.15) is 34.3 Å². The van der Waals surface area contributed by atoms with Crippen molar-refractivity contribution in [3.63, 3.8) is 0 Å². The standard InChI is InChI=1S/C27H31NO5/c1-3-4-5-6-7-14-28-20(27(28)32)12-13-22-24(18-10-8-17(2)9-11-18)26(31)25-21(30)15-19(29)16-23(25)33-22/h8-11,15-16,20,29-30H,3-7,12-14H2,1-2H3. The molecule has 0 saturated carbocycles. The molecule has 1 saturated heterocycles. The van der Waals surface area contributed by atoms with Crippen molar-refractivity contribution in [1.29, 1.82) is 0 Å². The first-order valence-corrected chi connectivity index (χ1v) is 11.8. The minimum Gasteiger partial charge on any atom is -0.508 e. The van der Waals surface area contributed by atoms with Crippen LogP contribution in [0.2, 0.25) is 0 Å². The summed E-state index contributed by atoms with van der Waals surface area (Å²) in [6, 6.07) is 9.90. The van der Waals surface area contributed by atoms with E-state index in [1.165, 1.54) is 25.3 Å². The molecular weight excluding hydrogens is 418 g/mol. The van der Waals surface area contributed by atoms with E-state index in [0.29, 0.717) is 29.7 Å². The summed E-state index contributed by atoms with van der Waals surface area (Å²) in [5.74, 6) is 0.124. The molecule has 0 radical (unpaired) electrons. The molecule has 1 aromatic heterocycles.